The van der Waals surface area contributed by atoms with Gasteiger partial charge in [0.15, 0.2) is 5.78 Å². The molecule has 0 amide bonds. The molecule has 1 aliphatic carbocycles. The number of fused-ring (bicyclic) bond motifs is 1. The van der Waals surface area contributed by atoms with E-state index in [1.165, 1.54) is 22.3 Å². The zero-order chi connectivity index (χ0) is 12.7. The largest absolute Gasteiger partial charge is 0.288 e. The minimum Gasteiger partial charge on any atom is -0.288 e. The van der Waals surface area contributed by atoms with Crippen LogP contribution in [-0.2, 0) is 12.8 Å². The summed E-state index contributed by atoms with van der Waals surface area (Å²) < 4.78 is 27.2. The van der Waals surface area contributed by atoms with Crippen molar-refractivity contribution >= 4 is 17.1 Å². The molecule has 1 nitrogen and oxygen atoms in total. The van der Waals surface area contributed by atoms with Gasteiger partial charge in [0.25, 0.3) is 0 Å². The molecule has 0 unspecified atom stereocenters. The number of hydrogen-bond acceptors (Lipinski definition) is 2. The van der Waals surface area contributed by atoms with Crippen LogP contribution in [0.2, 0.25) is 0 Å². The topological polar surface area (TPSA) is 17.1 Å². The zero-order valence-electron chi connectivity index (χ0n) is 9.50. The summed E-state index contributed by atoms with van der Waals surface area (Å²) in [5.74, 6) is -2.12. The van der Waals surface area contributed by atoms with Crippen LogP contribution in [-0.4, -0.2) is 5.78 Å². The lowest BCUT2D eigenvalue weighted by Crippen LogP contribution is -2.08. The first-order valence-electron chi connectivity index (χ1n) is 5.76. The lowest BCUT2D eigenvalue weighted by molar-refractivity contribution is 0.103. The molecule has 0 radical (unpaired) electrons. The van der Waals surface area contributed by atoms with E-state index >= 15 is 0 Å². The number of benzene rings is 1. The maximum atomic E-state index is 13.6. The lowest BCUT2D eigenvalue weighted by atomic mass is 10.0. The summed E-state index contributed by atoms with van der Waals surface area (Å²) in [7, 11) is 0. The molecule has 1 aliphatic rings. The average molecular weight is 264 g/mol. The predicted molar refractivity (Wildman–Crippen MR) is 66.1 cm³/mol. The maximum absolute atomic E-state index is 13.6. The third-order valence-corrected chi connectivity index (χ3v) is 4.33. The predicted octanol–water partition coefficient (Wildman–Crippen LogP) is 3.75. The number of rotatable bonds is 2. The Morgan fingerprint density at radius 3 is 2.61 bits per heavy atom. The van der Waals surface area contributed by atoms with Crippen LogP contribution in [0.25, 0.3) is 0 Å². The van der Waals surface area contributed by atoms with Gasteiger partial charge in [-0.2, -0.15) is 0 Å². The Bertz CT molecular complexity index is 610. The van der Waals surface area contributed by atoms with E-state index in [9.17, 15) is 13.6 Å². The normalized spacial score (nSPS) is 13.7. The molecule has 92 valence electrons. The molecule has 1 heterocycles. The minimum atomic E-state index is -0.794. The molecule has 0 bridgehead atoms. The van der Waals surface area contributed by atoms with Gasteiger partial charge in [-0.15, -0.1) is 11.3 Å². The number of carbonyl (C=O) groups excluding carboxylic acids is 1. The summed E-state index contributed by atoms with van der Waals surface area (Å²) in [5.41, 5.74) is 1.01. The van der Waals surface area contributed by atoms with Crippen molar-refractivity contribution in [2.75, 3.05) is 0 Å². The van der Waals surface area contributed by atoms with E-state index in [1.54, 1.807) is 5.38 Å². The van der Waals surface area contributed by atoms with Gasteiger partial charge in [0.05, 0.1) is 5.56 Å². The molecule has 0 spiro atoms. The Kier molecular flexibility index (Phi) is 2.74. The van der Waals surface area contributed by atoms with Gasteiger partial charge in [0.2, 0.25) is 0 Å². The molecular formula is C14H10F2OS. The Morgan fingerprint density at radius 1 is 1.17 bits per heavy atom. The van der Waals surface area contributed by atoms with Crippen molar-refractivity contribution in [1.29, 1.82) is 0 Å². The van der Waals surface area contributed by atoms with Crippen LogP contribution in [0.1, 0.15) is 32.8 Å². The van der Waals surface area contributed by atoms with Crippen LogP contribution in [0.4, 0.5) is 8.78 Å². The highest BCUT2D eigenvalue weighted by atomic mass is 32.1. The third-order valence-electron chi connectivity index (χ3n) is 3.25. The van der Waals surface area contributed by atoms with Crippen LogP contribution in [0.5, 0.6) is 0 Å². The number of hydrogen-bond donors (Lipinski definition) is 0. The van der Waals surface area contributed by atoms with Gasteiger partial charge in [-0.05, 0) is 37.0 Å². The Balaban J connectivity index is 2.10. The summed E-state index contributed by atoms with van der Waals surface area (Å²) in [5, 5.41) is 1.72. The molecule has 18 heavy (non-hydrogen) atoms. The van der Waals surface area contributed by atoms with Crippen molar-refractivity contribution in [3.05, 3.63) is 56.8 Å². The van der Waals surface area contributed by atoms with Crippen molar-refractivity contribution in [2.24, 2.45) is 0 Å². The number of carbonyl (C=O) groups is 1. The second-order valence-corrected chi connectivity index (χ2v) is 5.29. The third kappa shape index (κ3) is 1.68. The van der Waals surface area contributed by atoms with E-state index in [0.29, 0.717) is 5.56 Å². The maximum Gasteiger partial charge on any atom is 0.200 e. The van der Waals surface area contributed by atoms with Gasteiger partial charge in [-0.3, -0.25) is 4.79 Å². The van der Waals surface area contributed by atoms with Crippen molar-refractivity contribution in [3.63, 3.8) is 0 Å². The summed E-state index contributed by atoms with van der Waals surface area (Å²) in [6.07, 6.45) is 2.81. The zero-order valence-corrected chi connectivity index (χ0v) is 10.3. The summed E-state index contributed by atoms with van der Waals surface area (Å²) in [6, 6.07) is 3.49. The van der Waals surface area contributed by atoms with Gasteiger partial charge >= 0.3 is 0 Å². The monoisotopic (exact) mass is 264 g/mol. The van der Waals surface area contributed by atoms with Crippen molar-refractivity contribution in [3.8, 4) is 0 Å². The highest BCUT2D eigenvalue weighted by molar-refractivity contribution is 7.10. The van der Waals surface area contributed by atoms with E-state index in [4.69, 9.17) is 0 Å². The fourth-order valence-electron chi connectivity index (χ4n) is 2.37. The summed E-state index contributed by atoms with van der Waals surface area (Å²) in [6.45, 7) is 0. The van der Waals surface area contributed by atoms with E-state index in [2.05, 4.69) is 0 Å². The van der Waals surface area contributed by atoms with Gasteiger partial charge in [0.1, 0.15) is 11.6 Å². The molecular weight excluding hydrogens is 254 g/mol. The van der Waals surface area contributed by atoms with Crippen molar-refractivity contribution in [2.45, 2.75) is 19.3 Å². The molecule has 0 saturated heterocycles. The Hall–Kier alpha value is -1.55. The summed E-state index contributed by atoms with van der Waals surface area (Å²) in [4.78, 5) is 13.4. The smallest absolute Gasteiger partial charge is 0.200 e. The van der Waals surface area contributed by atoms with Crippen LogP contribution in [0.3, 0.4) is 0 Å². The van der Waals surface area contributed by atoms with Crippen LogP contribution >= 0.6 is 11.3 Å². The molecule has 0 N–H and O–H groups in total. The number of ketones is 1. The lowest BCUT2D eigenvalue weighted by Gasteiger charge is -2.04. The first kappa shape index (κ1) is 11.5. The summed E-state index contributed by atoms with van der Waals surface area (Å²) >= 11 is 1.51. The Labute approximate surface area is 107 Å². The van der Waals surface area contributed by atoms with Gasteiger partial charge in [0, 0.05) is 15.8 Å². The average Bonchev–Trinajstić information content (AvgIpc) is 2.89. The second-order valence-electron chi connectivity index (χ2n) is 4.33. The number of aryl methyl sites for hydroxylation is 1. The molecule has 0 aliphatic heterocycles. The first-order chi connectivity index (χ1) is 8.68. The van der Waals surface area contributed by atoms with Gasteiger partial charge in [-0.25, -0.2) is 8.78 Å². The minimum absolute atomic E-state index is 0.440. The fraction of sp³-hybridized carbons (Fsp3) is 0.214. The molecule has 0 saturated carbocycles. The standard InChI is InChI=1S/C14H10F2OS/c15-10-4-2-5-11(16)13(10)14(17)9-7-18-12-6-1-3-8(9)12/h2,4-5,7H,1,3,6H2. The SMILES string of the molecule is O=C(c1csc2c1CCC2)c1c(F)cccc1F. The van der Waals surface area contributed by atoms with Crippen LogP contribution in [0, 0.1) is 11.6 Å². The quantitative estimate of drug-likeness (QED) is 0.755. The molecule has 0 atom stereocenters. The number of thiophene rings is 1. The van der Waals surface area contributed by atoms with E-state index < -0.39 is 23.0 Å². The number of halogens is 2. The molecule has 2 aromatic rings. The van der Waals surface area contributed by atoms with Crippen molar-refractivity contribution < 1.29 is 13.6 Å². The van der Waals surface area contributed by atoms with Crippen LogP contribution < -0.4 is 0 Å². The Morgan fingerprint density at radius 2 is 1.89 bits per heavy atom. The first-order valence-corrected chi connectivity index (χ1v) is 6.64. The van der Waals surface area contributed by atoms with E-state index in [0.717, 1.165) is 37.0 Å². The van der Waals surface area contributed by atoms with Crippen molar-refractivity contribution in [1.82, 2.24) is 0 Å². The molecule has 0 fully saturated rings. The molecule has 1 aromatic carbocycles. The molecule has 4 heteroatoms. The molecule has 1 aromatic heterocycles. The molecule has 3 rings (SSSR count). The van der Waals surface area contributed by atoms with Gasteiger partial charge < -0.3 is 0 Å². The highest BCUT2D eigenvalue weighted by Crippen LogP contribution is 2.33. The van der Waals surface area contributed by atoms with Crippen LogP contribution in [0.15, 0.2) is 23.6 Å². The van der Waals surface area contributed by atoms with E-state index in [-0.39, 0.29) is 0 Å². The van der Waals surface area contributed by atoms with E-state index in [1.807, 2.05) is 0 Å². The fourth-order valence-corrected chi connectivity index (χ4v) is 3.50. The second kappa shape index (κ2) is 4.28. The highest BCUT2D eigenvalue weighted by Gasteiger charge is 2.25. The van der Waals surface area contributed by atoms with Gasteiger partial charge in [-0.1, -0.05) is 6.07 Å².